The number of halogens is 1. The molecule has 0 radical (unpaired) electrons. The van der Waals surface area contributed by atoms with Crippen LogP contribution in [0.15, 0.2) is 40.1 Å². The summed E-state index contributed by atoms with van der Waals surface area (Å²) in [4.78, 5) is -1.65. The molecule has 0 aliphatic rings. The molecule has 2 N–H and O–H groups in total. The smallest absolute Gasteiger partial charge is 0.282 e. The Kier molecular flexibility index (Phi) is 3.60. The molecule has 0 fully saturated rings. The van der Waals surface area contributed by atoms with E-state index in [1.165, 1.54) is 0 Å². The molecule has 0 bridgehead atoms. The Morgan fingerprint density at radius 2 is 1.53 bits per heavy atom. The minimum absolute atomic E-state index is 0.0332. The van der Waals surface area contributed by atoms with Gasteiger partial charge in [0.1, 0.15) is 9.79 Å². The minimum atomic E-state index is -4.79. The van der Waals surface area contributed by atoms with Gasteiger partial charge in [-0.2, -0.15) is 16.8 Å². The molecule has 0 spiro atoms. The van der Waals surface area contributed by atoms with E-state index in [2.05, 4.69) is 0 Å². The van der Waals surface area contributed by atoms with Crippen LogP contribution in [0.5, 0.6) is 0 Å². The van der Waals surface area contributed by atoms with Gasteiger partial charge in [-0.25, -0.2) is 0 Å². The second kappa shape index (κ2) is 4.66. The molecule has 0 amide bonds. The molecule has 0 atom stereocenters. The maximum Gasteiger partial charge on any atom is 0.297 e. The predicted octanol–water partition coefficient (Wildman–Crippen LogP) is 1.94. The molecule has 0 aromatic heterocycles. The second-order valence-corrected chi connectivity index (χ2v) is 7.52. The Bertz CT molecular complexity index is 870. The number of benzene rings is 2. The van der Waals surface area contributed by atoms with E-state index in [-0.39, 0.29) is 3.57 Å². The molecule has 0 saturated carbocycles. The predicted molar refractivity (Wildman–Crippen MR) is 76.3 cm³/mol. The average Bonchev–Trinajstić information content (AvgIpc) is 2.26. The van der Waals surface area contributed by atoms with E-state index >= 15 is 0 Å². The van der Waals surface area contributed by atoms with Crippen molar-refractivity contribution in [1.29, 1.82) is 0 Å². The molecule has 19 heavy (non-hydrogen) atoms. The second-order valence-electron chi connectivity index (χ2n) is 3.69. The number of fused-ring (bicyclic) bond motifs is 1. The van der Waals surface area contributed by atoms with Gasteiger partial charge in [0.05, 0.1) is 0 Å². The first-order valence-corrected chi connectivity index (χ1v) is 8.74. The van der Waals surface area contributed by atoms with Crippen LogP contribution in [-0.4, -0.2) is 25.9 Å². The molecule has 6 nitrogen and oxygen atoms in total. The molecule has 0 saturated heterocycles. The Labute approximate surface area is 123 Å². The average molecular weight is 414 g/mol. The lowest BCUT2D eigenvalue weighted by atomic mass is 10.1. The molecule has 9 heteroatoms. The summed E-state index contributed by atoms with van der Waals surface area (Å²) in [5, 5.41) is 0.898. The van der Waals surface area contributed by atoms with Crippen molar-refractivity contribution in [2.75, 3.05) is 0 Å². The van der Waals surface area contributed by atoms with Crippen molar-refractivity contribution >= 4 is 53.6 Å². The van der Waals surface area contributed by atoms with E-state index in [1.54, 1.807) is 46.9 Å². The zero-order valence-corrected chi connectivity index (χ0v) is 12.9. The molecular weight excluding hydrogens is 407 g/mol. The van der Waals surface area contributed by atoms with E-state index in [4.69, 9.17) is 9.11 Å². The topological polar surface area (TPSA) is 109 Å². The fraction of sp³-hybridized carbons (Fsp3) is 0. The van der Waals surface area contributed by atoms with Gasteiger partial charge in [0.25, 0.3) is 20.2 Å². The number of hydrogen-bond acceptors (Lipinski definition) is 4. The molecule has 2 aromatic rings. The third kappa shape index (κ3) is 2.74. The van der Waals surface area contributed by atoms with E-state index in [0.29, 0.717) is 10.8 Å². The monoisotopic (exact) mass is 414 g/mol. The SMILES string of the molecule is O=S(=O)(O)c1cc2ccccc2c(I)c1S(=O)(=O)O. The van der Waals surface area contributed by atoms with Gasteiger partial charge in [0.2, 0.25) is 0 Å². The quantitative estimate of drug-likeness (QED) is 0.575. The molecule has 2 rings (SSSR count). The zero-order valence-electron chi connectivity index (χ0n) is 9.11. The molecule has 0 aliphatic heterocycles. The van der Waals surface area contributed by atoms with Crippen molar-refractivity contribution in [2.45, 2.75) is 9.79 Å². The molecule has 0 unspecified atom stereocenters. The summed E-state index contributed by atoms with van der Waals surface area (Å²) in [5.41, 5.74) is 0. The number of hydrogen-bond donors (Lipinski definition) is 2. The van der Waals surface area contributed by atoms with Crippen LogP contribution in [0.1, 0.15) is 0 Å². The highest BCUT2D eigenvalue weighted by atomic mass is 127. The fourth-order valence-corrected chi connectivity index (χ4v) is 5.39. The molecule has 0 heterocycles. The lowest BCUT2D eigenvalue weighted by molar-refractivity contribution is 0.466. The summed E-state index contributed by atoms with van der Waals surface area (Å²) in [6, 6.07) is 7.44. The van der Waals surface area contributed by atoms with Crippen LogP contribution in [0.25, 0.3) is 10.8 Å². The lowest BCUT2D eigenvalue weighted by Crippen LogP contribution is -2.10. The van der Waals surface area contributed by atoms with Crippen molar-refractivity contribution in [3.05, 3.63) is 33.9 Å². The van der Waals surface area contributed by atoms with Crippen molar-refractivity contribution in [1.82, 2.24) is 0 Å². The zero-order chi connectivity index (χ0) is 14.4. The molecule has 2 aromatic carbocycles. The summed E-state index contributed by atoms with van der Waals surface area (Å²) in [6.07, 6.45) is 0. The summed E-state index contributed by atoms with van der Waals surface area (Å²) >= 11 is 1.61. The summed E-state index contributed by atoms with van der Waals surface area (Å²) in [7, 11) is -9.56. The maximum absolute atomic E-state index is 11.3. The molecular formula is C10H7IO6S2. The number of rotatable bonds is 2. The van der Waals surface area contributed by atoms with Crippen molar-refractivity contribution in [2.24, 2.45) is 0 Å². The Morgan fingerprint density at radius 3 is 2.05 bits per heavy atom. The van der Waals surface area contributed by atoms with Crippen LogP contribution in [0.3, 0.4) is 0 Å². The van der Waals surface area contributed by atoms with E-state index in [1.807, 2.05) is 0 Å². The maximum atomic E-state index is 11.3. The molecule has 102 valence electrons. The van der Waals surface area contributed by atoms with Crippen molar-refractivity contribution < 1.29 is 25.9 Å². The van der Waals surface area contributed by atoms with Crippen LogP contribution in [-0.2, 0) is 20.2 Å². The highest BCUT2D eigenvalue weighted by Crippen LogP contribution is 2.33. The van der Waals surface area contributed by atoms with Gasteiger partial charge in [0.15, 0.2) is 0 Å². The Hall–Kier alpha value is -0.750. The largest absolute Gasteiger partial charge is 0.297 e. The van der Waals surface area contributed by atoms with Crippen LogP contribution in [0, 0.1) is 3.57 Å². The van der Waals surface area contributed by atoms with E-state index in [9.17, 15) is 16.8 Å². The third-order valence-electron chi connectivity index (χ3n) is 2.44. The minimum Gasteiger partial charge on any atom is -0.282 e. The first-order valence-electron chi connectivity index (χ1n) is 4.78. The molecule has 0 aliphatic carbocycles. The van der Waals surface area contributed by atoms with Gasteiger partial charge >= 0.3 is 0 Å². The van der Waals surface area contributed by atoms with Crippen LogP contribution < -0.4 is 0 Å². The Morgan fingerprint density at radius 1 is 0.947 bits per heavy atom. The van der Waals surface area contributed by atoms with Gasteiger partial charge in [-0.3, -0.25) is 9.11 Å². The van der Waals surface area contributed by atoms with Gasteiger partial charge in [-0.1, -0.05) is 24.3 Å². The summed E-state index contributed by atoms with van der Waals surface area (Å²) in [6.45, 7) is 0. The van der Waals surface area contributed by atoms with Crippen LogP contribution in [0.4, 0.5) is 0 Å². The summed E-state index contributed by atoms with van der Waals surface area (Å²) < 4.78 is 63.5. The van der Waals surface area contributed by atoms with E-state index in [0.717, 1.165) is 6.07 Å². The van der Waals surface area contributed by atoms with Crippen molar-refractivity contribution in [3.8, 4) is 0 Å². The van der Waals surface area contributed by atoms with Gasteiger partial charge in [0, 0.05) is 3.57 Å². The van der Waals surface area contributed by atoms with Crippen LogP contribution in [0.2, 0.25) is 0 Å². The van der Waals surface area contributed by atoms with Gasteiger partial charge in [-0.15, -0.1) is 0 Å². The van der Waals surface area contributed by atoms with Crippen LogP contribution >= 0.6 is 22.6 Å². The first kappa shape index (κ1) is 14.7. The Balaban J connectivity index is 3.11. The normalized spacial score (nSPS) is 12.8. The first-order chi connectivity index (χ1) is 8.62. The highest BCUT2D eigenvalue weighted by Gasteiger charge is 2.28. The fourth-order valence-electron chi connectivity index (χ4n) is 1.69. The highest BCUT2D eigenvalue weighted by molar-refractivity contribution is 14.1. The van der Waals surface area contributed by atoms with E-state index < -0.39 is 30.0 Å². The summed E-state index contributed by atoms with van der Waals surface area (Å²) in [5.74, 6) is 0. The van der Waals surface area contributed by atoms with Gasteiger partial charge in [-0.05, 0) is 39.4 Å². The van der Waals surface area contributed by atoms with Gasteiger partial charge < -0.3 is 0 Å². The van der Waals surface area contributed by atoms with Crippen molar-refractivity contribution in [3.63, 3.8) is 0 Å². The standard InChI is InChI=1S/C10H7IO6S2/c11-9-7-4-2-1-3-6(7)5-8(18(12,13)14)10(9)19(15,16)17/h1-5H,(H,12,13,14)(H,15,16,17). The lowest BCUT2D eigenvalue weighted by Gasteiger charge is -2.10. The third-order valence-corrected chi connectivity index (χ3v) is 5.88.